The van der Waals surface area contributed by atoms with Gasteiger partial charge in [0.05, 0.1) is 19.6 Å². The summed E-state index contributed by atoms with van der Waals surface area (Å²) < 4.78 is 42.3. The van der Waals surface area contributed by atoms with Crippen LogP contribution in [0, 0.1) is 10.8 Å². The van der Waals surface area contributed by atoms with Gasteiger partial charge in [-0.3, -0.25) is 14.1 Å². The van der Waals surface area contributed by atoms with E-state index in [4.69, 9.17) is 9.47 Å². The van der Waals surface area contributed by atoms with Crippen molar-refractivity contribution in [1.82, 2.24) is 0 Å². The van der Waals surface area contributed by atoms with Crippen molar-refractivity contribution in [2.24, 2.45) is 10.8 Å². The van der Waals surface area contributed by atoms with Gasteiger partial charge in [-0.15, -0.1) is 0 Å². The molecule has 0 aromatic heterocycles. The van der Waals surface area contributed by atoms with Crippen LogP contribution >= 0.6 is 0 Å². The minimum absolute atomic E-state index is 0.0534. The largest absolute Gasteiger partial charge is 0.466 e. The molecule has 0 amide bonds. The van der Waals surface area contributed by atoms with Crippen molar-refractivity contribution in [2.75, 3.05) is 13.2 Å². The predicted octanol–water partition coefficient (Wildman–Crippen LogP) is 4.93. The van der Waals surface area contributed by atoms with E-state index in [-0.39, 0.29) is 24.0 Å². The van der Waals surface area contributed by atoms with Crippen LogP contribution in [-0.2, 0) is 29.2 Å². The van der Waals surface area contributed by atoms with Crippen molar-refractivity contribution in [3.8, 4) is 0 Å². The van der Waals surface area contributed by atoms with E-state index in [0.29, 0.717) is 12.8 Å². The number of hydrogen-bond donors (Lipinski definition) is 1. The smallest absolute Gasteiger partial charge is 0.327 e. The van der Waals surface area contributed by atoms with Crippen molar-refractivity contribution in [3.63, 3.8) is 0 Å². The van der Waals surface area contributed by atoms with E-state index in [1.165, 1.54) is 0 Å². The molecule has 0 aromatic carbocycles. The Balaban J connectivity index is 4.26. The summed E-state index contributed by atoms with van der Waals surface area (Å²) in [5, 5.41) is -1.94. The minimum atomic E-state index is -4.76. The molecule has 30 heavy (non-hydrogen) atoms. The van der Waals surface area contributed by atoms with Crippen LogP contribution in [0.5, 0.6) is 0 Å². The second-order valence-electron chi connectivity index (χ2n) is 10.3. The molecule has 7 nitrogen and oxygen atoms in total. The molecule has 0 aliphatic heterocycles. The Bertz CT molecular complexity index is 612. The van der Waals surface area contributed by atoms with Gasteiger partial charge in [0, 0.05) is 0 Å². The Morgan fingerprint density at radius 2 is 1.20 bits per heavy atom. The summed E-state index contributed by atoms with van der Waals surface area (Å²) in [5.41, 5.74) is 0.492. The topological polar surface area (TPSA) is 107 Å². The Kier molecular flexibility index (Phi) is 12.8. The molecule has 0 aliphatic carbocycles. The maximum absolute atomic E-state index is 12.1. The highest BCUT2D eigenvalue weighted by Gasteiger charge is 2.35. The molecule has 0 bridgehead atoms. The van der Waals surface area contributed by atoms with Crippen molar-refractivity contribution < 1.29 is 32.0 Å². The average Bonchev–Trinajstić information content (AvgIpc) is 2.55. The Labute approximate surface area is 183 Å². The molecular weight excluding hydrogens is 408 g/mol. The third-order valence-electron chi connectivity index (χ3n) is 4.62. The normalized spacial score (nSPS) is 13.7. The van der Waals surface area contributed by atoms with Crippen LogP contribution in [0.2, 0.25) is 0 Å². The molecule has 0 aliphatic rings. The van der Waals surface area contributed by atoms with Gasteiger partial charge in [0.25, 0.3) is 10.1 Å². The van der Waals surface area contributed by atoms with Gasteiger partial charge in [0.15, 0.2) is 5.25 Å². The summed E-state index contributed by atoms with van der Waals surface area (Å²) in [7, 11) is -4.76. The molecule has 178 valence electrons. The van der Waals surface area contributed by atoms with Crippen LogP contribution < -0.4 is 0 Å². The fourth-order valence-electron chi connectivity index (χ4n) is 2.84. The van der Waals surface area contributed by atoms with Crippen molar-refractivity contribution >= 4 is 22.1 Å². The highest BCUT2D eigenvalue weighted by atomic mass is 32.2. The molecule has 1 unspecified atom stereocenters. The zero-order valence-electron chi connectivity index (χ0n) is 19.7. The summed E-state index contributed by atoms with van der Waals surface area (Å²) in [6.45, 7) is 13.1. The quantitative estimate of drug-likeness (QED) is 0.227. The van der Waals surface area contributed by atoms with Gasteiger partial charge in [-0.05, 0) is 36.5 Å². The van der Waals surface area contributed by atoms with Gasteiger partial charge in [-0.25, -0.2) is 0 Å². The molecule has 1 atom stereocenters. The zero-order valence-corrected chi connectivity index (χ0v) is 20.5. The van der Waals surface area contributed by atoms with E-state index in [9.17, 15) is 22.6 Å². The maximum atomic E-state index is 12.1. The zero-order chi connectivity index (χ0) is 23.4. The van der Waals surface area contributed by atoms with Gasteiger partial charge in [0.1, 0.15) is 0 Å². The molecule has 8 heteroatoms. The number of rotatable bonds is 14. The molecule has 0 aromatic rings. The third-order valence-corrected chi connectivity index (χ3v) is 5.70. The SMILES string of the molecule is CC(C)(C)CCCCCOC(=O)CC(C(=O)OCCCCCC(C)(C)C)S(=O)(=O)O. The van der Waals surface area contributed by atoms with Crippen LogP contribution in [0.25, 0.3) is 0 Å². The van der Waals surface area contributed by atoms with Crippen LogP contribution in [0.1, 0.15) is 99.3 Å². The molecule has 0 radical (unpaired) electrons. The monoisotopic (exact) mass is 450 g/mol. The summed E-state index contributed by atoms with van der Waals surface area (Å²) in [4.78, 5) is 24.0. The van der Waals surface area contributed by atoms with Gasteiger partial charge in [-0.1, -0.05) is 67.2 Å². The number of esters is 2. The van der Waals surface area contributed by atoms with E-state index in [1.54, 1.807) is 0 Å². The Morgan fingerprint density at radius 3 is 1.60 bits per heavy atom. The van der Waals surface area contributed by atoms with Crippen molar-refractivity contribution in [3.05, 3.63) is 0 Å². The maximum Gasteiger partial charge on any atom is 0.327 e. The van der Waals surface area contributed by atoms with E-state index in [2.05, 4.69) is 41.5 Å². The lowest BCUT2D eigenvalue weighted by molar-refractivity contribution is -0.150. The summed E-state index contributed by atoms with van der Waals surface area (Å²) in [6.07, 6.45) is 6.34. The molecule has 0 spiro atoms. The summed E-state index contributed by atoms with van der Waals surface area (Å²) >= 11 is 0. The fraction of sp³-hybridized carbons (Fsp3) is 0.909. The second kappa shape index (κ2) is 13.3. The molecule has 0 saturated heterocycles. The van der Waals surface area contributed by atoms with E-state index < -0.39 is 33.7 Å². The number of carbonyl (C=O) groups is 2. The van der Waals surface area contributed by atoms with Gasteiger partial charge in [-0.2, -0.15) is 8.42 Å². The second-order valence-corrected chi connectivity index (χ2v) is 11.9. The third kappa shape index (κ3) is 16.6. The lowest BCUT2D eigenvalue weighted by atomic mass is 9.89. The highest BCUT2D eigenvalue weighted by Crippen LogP contribution is 2.22. The van der Waals surface area contributed by atoms with Crippen molar-refractivity contribution in [2.45, 2.75) is 105 Å². The lowest BCUT2D eigenvalue weighted by Gasteiger charge is -2.17. The summed E-state index contributed by atoms with van der Waals surface area (Å²) in [6, 6.07) is 0. The first kappa shape index (κ1) is 28.9. The van der Waals surface area contributed by atoms with Gasteiger partial charge in [0.2, 0.25) is 0 Å². The van der Waals surface area contributed by atoms with Crippen LogP contribution in [0.3, 0.4) is 0 Å². The summed E-state index contributed by atoms with van der Waals surface area (Å²) in [5.74, 6) is -1.95. The van der Waals surface area contributed by atoms with Gasteiger partial charge >= 0.3 is 11.9 Å². The minimum Gasteiger partial charge on any atom is -0.466 e. The van der Waals surface area contributed by atoms with Gasteiger partial charge < -0.3 is 9.47 Å². The highest BCUT2D eigenvalue weighted by molar-refractivity contribution is 7.87. The standard InChI is InChI=1S/C22H42O7S/c1-21(2,3)13-9-7-11-15-28-19(23)17-18(30(25,26)27)20(24)29-16-12-8-10-14-22(4,5)6/h18H,7-17H2,1-6H3,(H,25,26,27). The predicted molar refractivity (Wildman–Crippen MR) is 118 cm³/mol. The first-order valence-corrected chi connectivity index (χ1v) is 12.4. The lowest BCUT2D eigenvalue weighted by Crippen LogP contribution is -2.34. The molecule has 0 rings (SSSR count). The molecule has 1 N–H and O–H groups in total. The van der Waals surface area contributed by atoms with Crippen LogP contribution in [-0.4, -0.2) is 43.4 Å². The van der Waals surface area contributed by atoms with E-state index in [0.717, 1.165) is 38.5 Å². The number of hydrogen-bond acceptors (Lipinski definition) is 6. The average molecular weight is 451 g/mol. The first-order chi connectivity index (χ1) is 13.6. The van der Waals surface area contributed by atoms with E-state index >= 15 is 0 Å². The Hall–Kier alpha value is -1.15. The number of carbonyl (C=O) groups excluding carboxylic acids is 2. The number of unbranched alkanes of at least 4 members (excludes halogenated alkanes) is 4. The first-order valence-electron chi connectivity index (χ1n) is 10.9. The fourth-order valence-corrected chi connectivity index (χ4v) is 3.50. The molecule has 0 saturated carbocycles. The van der Waals surface area contributed by atoms with E-state index in [1.807, 2.05) is 0 Å². The van der Waals surface area contributed by atoms with Crippen LogP contribution in [0.15, 0.2) is 0 Å². The molecule has 0 heterocycles. The molecular formula is C22H42O7S. The van der Waals surface area contributed by atoms with Crippen molar-refractivity contribution in [1.29, 1.82) is 0 Å². The Morgan fingerprint density at radius 1 is 0.767 bits per heavy atom. The number of ether oxygens (including phenoxy) is 2. The van der Waals surface area contributed by atoms with Crippen LogP contribution in [0.4, 0.5) is 0 Å². The molecule has 0 fully saturated rings.